The molecule has 1 N–H and O–H groups in total. The van der Waals surface area contributed by atoms with Gasteiger partial charge in [-0.3, -0.25) is 0 Å². The monoisotopic (exact) mass is 462 g/mol. The van der Waals surface area contributed by atoms with Gasteiger partial charge in [0.15, 0.2) is 0 Å². The Morgan fingerprint density at radius 1 is 1.16 bits per heavy atom. The minimum atomic E-state index is -1.08. The number of halogens is 1. The van der Waals surface area contributed by atoms with Crippen molar-refractivity contribution in [3.05, 3.63) is 46.1 Å². The van der Waals surface area contributed by atoms with Crippen LogP contribution in [0, 0.1) is 0 Å². The molecule has 0 aliphatic carbocycles. The van der Waals surface area contributed by atoms with E-state index >= 15 is 0 Å². The predicted octanol–water partition coefficient (Wildman–Crippen LogP) is 7.64. The van der Waals surface area contributed by atoms with Crippen molar-refractivity contribution in [3.8, 4) is 11.5 Å². The number of phenolic OH excluding ortho intramolecular Hbond substituents is 1. The molecule has 1 aliphatic heterocycles. The number of aryl methyl sites for hydroxylation is 1. The molecule has 0 bridgehead atoms. The first kappa shape index (κ1) is 26.3. The Kier molecular flexibility index (Phi) is 10.1. The number of rotatable bonds is 12. The van der Waals surface area contributed by atoms with Gasteiger partial charge in [-0.25, -0.2) is 4.79 Å². The van der Waals surface area contributed by atoms with E-state index in [1.165, 1.54) is 11.1 Å². The Bertz CT molecular complexity index is 852. The number of carbonyl (C=O) groups excluding carboxylic acids is 1. The first-order valence-corrected chi connectivity index (χ1v) is 12.4. The summed E-state index contributed by atoms with van der Waals surface area (Å²) in [6, 6.07) is 1.72. The molecule has 0 saturated carbocycles. The number of aromatic hydroxyl groups is 1. The van der Waals surface area contributed by atoms with Crippen molar-refractivity contribution in [2.24, 2.45) is 0 Å². The summed E-state index contributed by atoms with van der Waals surface area (Å²) in [5, 5.41) is 10.9. The topological polar surface area (TPSA) is 55.8 Å². The van der Waals surface area contributed by atoms with Gasteiger partial charge < -0.3 is 14.6 Å². The molecule has 1 aromatic rings. The quantitative estimate of drug-likeness (QED) is 0.150. The number of unbranched alkanes of at least 4 members (excludes halogenated alkanes) is 2. The van der Waals surface area contributed by atoms with Gasteiger partial charge in [0.25, 0.3) is 5.79 Å². The third kappa shape index (κ3) is 7.30. The second kappa shape index (κ2) is 12.3. The molecule has 0 radical (unpaired) electrons. The average molecular weight is 463 g/mol. The SMILES string of the molecule is CCCCCc1cc(O)c(C/C=C(\C)CCC=C(C)C)c2c1C(=O)OC(C)(CCCCl)O2. The second-order valence-electron chi connectivity index (χ2n) is 9.19. The van der Waals surface area contributed by atoms with E-state index in [9.17, 15) is 9.90 Å². The van der Waals surface area contributed by atoms with E-state index in [1.807, 2.05) is 0 Å². The van der Waals surface area contributed by atoms with Crippen LogP contribution >= 0.6 is 11.6 Å². The maximum absolute atomic E-state index is 13.1. The number of carbonyl (C=O) groups is 1. The van der Waals surface area contributed by atoms with Crippen LogP contribution in [-0.4, -0.2) is 22.7 Å². The lowest BCUT2D eigenvalue weighted by molar-refractivity contribution is -0.146. The second-order valence-corrected chi connectivity index (χ2v) is 9.57. The number of allylic oxidation sites excluding steroid dienone is 4. The van der Waals surface area contributed by atoms with E-state index in [0.29, 0.717) is 48.4 Å². The van der Waals surface area contributed by atoms with E-state index in [-0.39, 0.29) is 11.7 Å². The summed E-state index contributed by atoms with van der Waals surface area (Å²) in [4.78, 5) is 13.1. The van der Waals surface area contributed by atoms with Crippen molar-refractivity contribution in [1.29, 1.82) is 0 Å². The summed E-state index contributed by atoms with van der Waals surface area (Å²) in [7, 11) is 0. The third-order valence-corrected chi connectivity index (χ3v) is 6.10. The third-order valence-electron chi connectivity index (χ3n) is 5.83. The predicted molar refractivity (Wildman–Crippen MR) is 132 cm³/mol. The van der Waals surface area contributed by atoms with Gasteiger partial charge in [-0.1, -0.05) is 43.1 Å². The molecule has 1 heterocycles. The minimum Gasteiger partial charge on any atom is -0.508 e. The van der Waals surface area contributed by atoms with Crippen LogP contribution < -0.4 is 4.74 Å². The molecule has 0 amide bonds. The van der Waals surface area contributed by atoms with Gasteiger partial charge in [0, 0.05) is 24.8 Å². The summed E-state index contributed by atoms with van der Waals surface area (Å²) >= 11 is 5.87. The number of ether oxygens (including phenoxy) is 2. The molecule has 2 rings (SSSR count). The maximum atomic E-state index is 13.1. The van der Waals surface area contributed by atoms with Crippen molar-refractivity contribution < 1.29 is 19.4 Å². The summed E-state index contributed by atoms with van der Waals surface area (Å²) < 4.78 is 12.0. The van der Waals surface area contributed by atoms with Crippen molar-refractivity contribution in [3.63, 3.8) is 0 Å². The van der Waals surface area contributed by atoms with Gasteiger partial charge in [0.1, 0.15) is 17.1 Å². The summed E-state index contributed by atoms with van der Waals surface area (Å²) in [5.41, 5.74) is 4.46. The summed E-state index contributed by atoms with van der Waals surface area (Å²) in [6.45, 7) is 10.2. The largest absolute Gasteiger partial charge is 0.508 e. The lowest BCUT2D eigenvalue weighted by Gasteiger charge is -2.36. The zero-order chi connectivity index (χ0) is 23.7. The van der Waals surface area contributed by atoms with E-state index in [0.717, 1.165) is 37.7 Å². The van der Waals surface area contributed by atoms with Crippen molar-refractivity contribution in [2.45, 2.75) is 98.2 Å². The molecule has 0 saturated heterocycles. The number of hydrogen-bond acceptors (Lipinski definition) is 4. The van der Waals surface area contributed by atoms with Crippen LogP contribution in [0.2, 0.25) is 0 Å². The molecule has 1 unspecified atom stereocenters. The molecule has 0 fully saturated rings. The highest BCUT2D eigenvalue weighted by atomic mass is 35.5. The lowest BCUT2D eigenvalue weighted by Crippen LogP contribution is -2.42. The van der Waals surface area contributed by atoms with E-state index in [2.05, 4.69) is 39.8 Å². The van der Waals surface area contributed by atoms with Crippen LogP contribution in [0.15, 0.2) is 29.4 Å². The van der Waals surface area contributed by atoms with Crippen LogP contribution in [0.25, 0.3) is 0 Å². The van der Waals surface area contributed by atoms with Gasteiger partial charge in [0.2, 0.25) is 0 Å². The fourth-order valence-electron chi connectivity index (χ4n) is 3.97. The Morgan fingerprint density at radius 3 is 2.56 bits per heavy atom. The molecule has 5 heteroatoms. The lowest BCUT2D eigenvalue weighted by atomic mass is 9.93. The summed E-state index contributed by atoms with van der Waals surface area (Å²) in [6.07, 6.45) is 11.8. The molecule has 1 aromatic carbocycles. The van der Waals surface area contributed by atoms with Gasteiger partial charge in [-0.15, -0.1) is 11.6 Å². The van der Waals surface area contributed by atoms with E-state index in [4.69, 9.17) is 21.1 Å². The smallest absolute Gasteiger partial charge is 0.345 e. The molecular formula is C27H39ClO4. The fourth-order valence-corrected chi connectivity index (χ4v) is 4.11. The van der Waals surface area contributed by atoms with Crippen molar-refractivity contribution in [2.75, 3.05) is 5.88 Å². The van der Waals surface area contributed by atoms with E-state index in [1.54, 1.807) is 13.0 Å². The van der Waals surface area contributed by atoms with Crippen LogP contribution in [0.5, 0.6) is 11.5 Å². The van der Waals surface area contributed by atoms with Gasteiger partial charge in [-0.2, -0.15) is 0 Å². The molecule has 4 nitrogen and oxygen atoms in total. The number of cyclic esters (lactones) is 1. The normalized spacial score (nSPS) is 18.1. The number of hydrogen-bond donors (Lipinski definition) is 1. The Hall–Kier alpha value is -1.94. The van der Waals surface area contributed by atoms with Crippen LogP contribution in [0.4, 0.5) is 0 Å². The number of esters is 1. The van der Waals surface area contributed by atoms with Crippen LogP contribution in [0.3, 0.4) is 0 Å². The number of phenols is 1. The zero-order valence-electron chi connectivity index (χ0n) is 20.4. The standard InChI is InChI=1S/C27H39ClO4/c1-6-7-8-13-21-18-23(29)22(15-14-20(4)12-9-11-19(2)3)25-24(21)26(30)32-27(5,31-25)16-10-17-28/h11,14,18,29H,6-10,12-13,15-17H2,1-5H3/b20-14+. The highest BCUT2D eigenvalue weighted by molar-refractivity contribution is 6.17. The van der Waals surface area contributed by atoms with E-state index < -0.39 is 5.79 Å². The zero-order valence-corrected chi connectivity index (χ0v) is 21.1. The van der Waals surface area contributed by atoms with Gasteiger partial charge in [-0.05, 0) is 70.9 Å². The molecule has 1 aliphatic rings. The molecule has 32 heavy (non-hydrogen) atoms. The number of benzene rings is 1. The number of alkyl halides is 1. The average Bonchev–Trinajstić information content (AvgIpc) is 2.71. The highest BCUT2D eigenvalue weighted by Crippen LogP contribution is 2.43. The number of fused-ring (bicyclic) bond motifs is 1. The highest BCUT2D eigenvalue weighted by Gasteiger charge is 2.40. The molecule has 178 valence electrons. The molecule has 0 spiro atoms. The molecule has 0 aromatic heterocycles. The maximum Gasteiger partial charge on any atom is 0.345 e. The summed E-state index contributed by atoms with van der Waals surface area (Å²) in [5.74, 6) is -0.340. The first-order valence-electron chi connectivity index (χ1n) is 11.9. The van der Waals surface area contributed by atoms with Crippen molar-refractivity contribution in [1.82, 2.24) is 0 Å². The Balaban J connectivity index is 2.40. The Morgan fingerprint density at radius 2 is 1.91 bits per heavy atom. The minimum absolute atomic E-state index is 0.179. The fraction of sp³-hybridized carbons (Fsp3) is 0.593. The first-order chi connectivity index (χ1) is 15.2. The van der Waals surface area contributed by atoms with Crippen LogP contribution in [0.1, 0.15) is 101 Å². The van der Waals surface area contributed by atoms with Crippen LogP contribution in [-0.2, 0) is 17.6 Å². The molecular weight excluding hydrogens is 424 g/mol. The molecule has 1 atom stereocenters. The van der Waals surface area contributed by atoms with Gasteiger partial charge in [0.05, 0.1) is 0 Å². The van der Waals surface area contributed by atoms with Crippen molar-refractivity contribution >= 4 is 17.6 Å². The Labute approximate surface area is 198 Å². The van der Waals surface area contributed by atoms with Gasteiger partial charge >= 0.3 is 5.97 Å².